The Bertz CT molecular complexity index is 775. The average molecular weight is 392 g/mol. The van der Waals surface area contributed by atoms with Gasteiger partial charge in [-0.05, 0) is 62.2 Å². The summed E-state index contributed by atoms with van der Waals surface area (Å²) in [5.41, 5.74) is 3.28. The van der Waals surface area contributed by atoms with Gasteiger partial charge in [0.1, 0.15) is 0 Å². The number of hydrogen-bond donors (Lipinski definition) is 1. The van der Waals surface area contributed by atoms with Crippen LogP contribution >= 0.6 is 23.4 Å². The number of rotatable bonds is 7. The summed E-state index contributed by atoms with van der Waals surface area (Å²) in [5.74, 6) is 0.653. The second-order valence-corrected chi connectivity index (χ2v) is 7.57. The lowest BCUT2D eigenvalue weighted by Gasteiger charge is -2.09. The third kappa shape index (κ3) is 6.39. The van der Waals surface area contributed by atoms with Gasteiger partial charge in [0.25, 0.3) is 0 Å². The number of hydrogen-bond acceptors (Lipinski definition) is 4. The fraction of sp³-hybridized carbons (Fsp3) is 0.300. The Morgan fingerprint density at radius 3 is 2.46 bits per heavy atom. The van der Waals surface area contributed by atoms with E-state index in [0.29, 0.717) is 22.1 Å². The fourth-order valence-electron chi connectivity index (χ4n) is 2.23. The first-order valence-corrected chi connectivity index (χ1v) is 9.82. The smallest absolute Gasteiger partial charge is 0.338 e. The van der Waals surface area contributed by atoms with Gasteiger partial charge in [0.15, 0.2) is 0 Å². The number of ether oxygens (including phenoxy) is 1. The summed E-state index contributed by atoms with van der Waals surface area (Å²) >= 11 is 7.43. The summed E-state index contributed by atoms with van der Waals surface area (Å²) in [7, 11) is 0. The monoisotopic (exact) mass is 391 g/mol. The van der Waals surface area contributed by atoms with Crippen molar-refractivity contribution in [3.63, 3.8) is 0 Å². The molecule has 0 unspecified atom stereocenters. The zero-order valence-electron chi connectivity index (χ0n) is 15.0. The highest BCUT2D eigenvalue weighted by atomic mass is 35.5. The van der Waals surface area contributed by atoms with Gasteiger partial charge in [-0.15, -0.1) is 11.8 Å². The van der Waals surface area contributed by atoms with E-state index in [1.807, 2.05) is 39.0 Å². The van der Waals surface area contributed by atoms with Gasteiger partial charge >= 0.3 is 5.97 Å². The Morgan fingerprint density at radius 1 is 1.15 bits per heavy atom. The lowest BCUT2D eigenvalue weighted by atomic mass is 10.1. The van der Waals surface area contributed by atoms with Crippen LogP contribution in [-0.2, 0) is 15.3 Å². The largest absolute Gasteiger partial charge is 0.459 e. The molecule has 0 atom stereocenters. The number of halogens is 1. The van der Waals surface area contributed by atoms with Crippen molar-refractivity contribution in [3.05, 3.63) is 64.2 Å². The average Bonchev–Trinajstić information content (AvgIpc) is 2.57. The second-order valence-electron chi connectivity index (χ2n) is 6.15. The Labute approximate surface area is 163 Å². The molecule has 2 rings (SSSR count). The number of esters is 1. The van der Waals surface area contributed by atoms with Gasteiger partial charge in [-0.1, -0.05) is 23.7 Å². The Morgan fingerprint density at radius 2 is 1.85 bits per heavy atom. The molecule has 0 heterocycles. The maximum atomic E-state index is 12.1. The molecule has 1 N–H and O–H groups in total. The lowest BCUT2D eigenvalue weighted by Crippen LogP contribution is -2.15. The number of aryl methyl sites for hydroxylation is 1. The normalized spacial score (nSPS) is 10.7. The molecule has 0 saturated heterocycles. The molecule has 0 radical (unpaired) electrons. The van der Waals surface area contributed by atoms with Crippen LogP contribution in [0.1, 0.15) is 35.3 Å². The number of carbonyl (C=O) groups is 2. The summed E-state index contributed by atoms with van der Waals surface area (Å²) in [6.45, 7) is 5.54. The predicted octanol–water partition coefficient (Wildman–Crippen LogP) is 5.09. The molecule has 26 heavy (non-hydrogen) atoms. The van der Waals surface area contributed by atoms with Crippen molar-refractivity contribution in [1.82, 2.24) is 0 Å². The molecule has 6 heteroatoms. The summed E-state index contributed by atoms with van der Waals surface area (Å²) < 4.78 is 5.16. The van der Waals surface area contributed by atoms with Gasteiger partial charge in [-0.2, -0.15) is 0 Å². The van der Waals surface area contributed by atoms with Crippen molar-refractivity contribution in [1.29, 1.82) is 0 Å². The van der Waals surface area contributed by atoms with Gasteiger partial charge in [0.2, 0.25) is 5.91 Å². The van der Waals surface area contributed by atoms with Gasteiger partial charge in [0.05, 0.1) is 17.4 Å². The van der Waals surface area contributed by atoms with E-state index in [-0.39, 0.29) is 18.0 Å². The van der Waals surface area contributed by atoms with Gasteiger partial charge in [-0.3, -0.25) is 4.79 Å². The number of amides is 1. The third-order valence-electron chi connectivity index (χ3n) is 3.50. The Balaban J connectivity index is 1.80. The van der Waals surface area contributed by atoms with Crippen LogP contribution in [0.5, 0.6) is 0 Å². The van der Waals surface area contributed by atoms with Crippen LogP contribution in [0, 0.1) is 6.92 Å². The molecular formula is C20H22ClNO3S. The predicted molar refractivity (Wildman–Crippen MR) is 108 cm³/mol. The van der Waals surface area contributed by atoms with Crippen molar-refractivity contribution in [3.8, 4) is 0 Å². The molecule has 0 spiro atoms. The van der Waals surface area contributed by atoms with Crippen molar-refractivity contribution in [2.24, 2.45) is 0 Å². The molecule has 1 amide bonds. The quantitative estimate of drug-likeness (QED) is 0.668. The molecule has 2 aromatic rings. The summed E-state index contributed by atoms with van der Waals surface area (Å²) in [6, 6.07) is 12.6. The fourth-order valence-corrected chi connectivity index (χ4v) is 3.25. The maximum Gasteiger partial charge on any atom is 0.338 e. The zero-order chi connectivity index (χ0) is 19.1. The van der Waals surface area contributed by atoms with E-state index in [1.165, 1.54) is 11.8 Å². The molecule has 0 bridgehead atoms. The van der Waals surface area contributed by atoms with Crippen LogP contribution in [0.25, 0.3) is 0 Å². The van der Waals surface area contributed by atoms with E-state index in [9.17, 15) is 9.59 Å². The Kier molecular flexibility index (Phi) is 7.54. The minimum absolute atomic E-state index is 0.0578. The van der Waals surface area contributed by atoms with Crippen molar-refractivity contribution in [2.45, 2.75) is 32.6 Å². The molecule has 4 nitrogen and oxygen atoms in total. The molecule has 2 aromatic carbocycles. The summed E-state index contributed by atoms with van der Waals surface area (Å²) in [5, 5.41) is 3.53. The maximum absolute atomic E-state index is 12.1. The minimum atomic E-state index is -0.322. The van der Waals surface area contributed by atoms with Crippen LogP contribution < -0.4 is 5.32 Å². The van der Waals surface area contributed by atoms with E-state index >= 15 is 0 Å². The van der Waals surface area contributed by atoms with Crippen molar-refractivity contribution < 1.29 is 14.3 Å². The Hall–Kier alpha value is -1.98. The number of thioether (sulfide) groups is 1. The minimum Gasteiger partial charge on any atom is -0.459 e. The van der Waals surface area contributed by atoms with Crippen molar-refractivity contribution in [2.75, 3.05) is 11.1 Å². The van der Waals surface area contributed by atoms with E-state index in [0.717, 1.165) is 16.8 Å². The molecule has 138 valence electrons. The first-order chi connectivity index (χ1) is 12.3. The summed E-state index contributed by atoms with van der Waals surface area (Å²) in [6.07, 6.45) is -0.138. The second kappa shape index (κ2) is 9.64. The van der Waals surface area contributed by atoms with E-state index in [4.69, 9.17) is 16.3 Å². The van der Waals surface area contributed by atoms with Crippen LogP contribution in [-0.4, -0.2) is 23.7 Å². The van der Waals surface area contributed by atoms with Crippen LogP contribution in [0.4, 0.5) is 5.69 Å². The van der Waals surface area contributed by atoms with Crippen LogP contribution in [0.15, 0.2) is 42.5 Å². The van der Waals surface area contributed by atoms with Crippen LogP contribution in [0.2, 0.25) is 5.02 Å². The highest BCUT2D eigenvalue weighted by molar-refractivity contribution is 7.99. The highest BCUT2D eigenvalue weighted by Crippen LogP contribution is 2.20. The lowest BCUT2D eigenvalue weighted by molar-refractivity contribution is -0.113. The van der Waals surface area contributed by atoms with E-state index in [2.05, 4.69) is 5.32 Å². The van der Waals surface area contributed by atoms with Gasteiger partial charge in [0, 0.05) is 16.5 Å². The van der Waals surface area contributed by atoms with Gasteiger partial charge < -0.3 is 10.1 Å². The third-order valence-corrected chi connectivity index (χ3v) is 4.74. The van der Waals surface area contributed by atoms with Crippen LogP contribution in [0.3, 0.4) is 0 Å². The molecule has 0 fully saturated rings. The van der Waals surface area contributed by atoms with Crippen molar-refractivity contribution >= 4 is 40.9 Å². The number of carbonyl (C=O) groups excluding carboxylic acids is 2. The molecule has 0 aromatic heterocycles. The number of benzene rings is 2. The molecule has 0 aliphatic rings. The van der Waals surface area contributed by atoms with E-state index in [1.54, 1.807) is 24.3 Å². The van der Waals surface area contributed by atoms with Gasteiger partial charge in [-0.25, -0.2) is 4.79 Å². The summed E-state index contributed by atoms with van der Waals surface area (Å²) in [4.78, 5) is 23.9. The molecule has 0 aliphatic carbocycles. The molecular weight excluding hydrogens is 370 g/mol. The SMILES string of the molecule is Cc1cc(Cl)ccc1NC(=O)CSCc1ccc(C(=O)OC(C)C)cc1. The first-order valence-electron chi connectivity index (χ1n) is 8.29. The highest BCUT2D eigenvalue weighted by Gasteiger charge is 2.09. The first kappa shape index (κ1) is 20.3. The standard InChI is InChI=1S/C20H22ClNO3S/c1-13(2)25-20(24)16-6-4-15(5-7-16)11-26-12-19(23)22-18-9-8-17(21)10-14(18)3/h4-10,13H,11-12H2,1-3H3,(H,22,23). The zero-order valence-corrected chi connectivity index (χ0v) is 16.6. The molecule has 0 saturated carbocycles. The molecule has 0 aliphatic heterocycles. The topological polar surface area (TPSA) is 55.4 Å². The number of anilines is 1. The number of nitrogens with one attached hydrogen (secondary N) is 1. The van der Waals surface area contributed by atoms with E-state index < -0.39 is 0 Å².